The lowest BCUT2D eigenvalue weighted by Gasteiger charge is -2.32. The summed E-state index contributed by atoms with van der Waals surface area (Å²) < 4.78 is 0. The summed E-state index contributed by atoms with van der Waals surface area (Å²) in [5.74, 6) is 0. The van der Waals surface area contributed by atoms with Crippen LogP contribution in [0.15, 0.2) is 18.2 Å². The summed E-state index contributed by atoms with van der Waals surface area (Å²) in [5.41, 5.74) is 0.541. The molecule has 0 bridgehead atoms. The summed E-state index contributed by atoms with van der Waals surface area (Å²) in [6, 6.07) is 4.35. The van der Waals surface area contributed by atoms with E-state index in [4.69, 9.17) is 16.7 Å². The molecule has 6 heteroatoms. The molecule has 1 aromatic rings. The molecule has 0 radical (unpaired) electrons. The van der Waals surface area contributed by atoms with Crippen LogP contribution in [-0.2, 0) is 0 Å². The highest BCUT2D eigenvalue weighted by atomic mass is 35.5. The summed E-state index contributed by atoms with van der Waals surface area (Å²) >= 11 is 6.04. The number of aliphatic hydroxyl groups is 1. The average Bonchev–Trinajstić information content (AvgIpc) is 2.29. The summed E-state index contributed by atoms with van der Waals surface area (Å²) in [5, 5.41) is 23.3. The smallest absolute Gasteiger partial charge is 0.271 e. The molecule has 1 rings (SSSR count). The number of nitro groups is 1. The van der Waals surface area contributed by atoms with E-state index in [-0.39, 0.29) is 23.8 Å². The van der Waals surface area contributed by atoms with Crippen molar-refractivity contribution in [2.45, 2.75) is 33.2 Å². The van der Waals surface area contributed by atoms with E-state index >= 15 is 0 Å². The van der Waals surface area contributed by atoms with Gasteiger partial charge < -0.3 is 10.4 Å². The van der Waals surface area contributed by atoms with E-state index < -0.39 is 4.92 Å². The van der Waals surface area contributed by atoms with E-state index in [1.54, 1.807) is 6.07 Å². The Labute approximate surface area is 117 Å². The zero-order valence-corrected chi connectivity index (χ0v) is 12.1. The molecule has 0 aliphatic heterocycles. The molecule has 2 N–H and O–H groups in total. The van der Waals surface area contributed by atoms with Crippen LogP contribution in [0, 0.1) is 15.5 Å². The number of non-ortho nitro benzene ring substituents is 1. The van der Waals surface area contributed by atoms with E-state index in [1.165, 1.54) is 12.1 Å². The molecule has 1 aromatic carbocycles. The van der Waals surface area contributed by atoms with Crippen LogP contribution in [0.5, 0.6) is 0 Å². The number of nitrogens with zero attached hydrogens (tertiary/aromatic N) is 1. The highest BCUT2D eigenvalue weighted by molar-refractivity contribution is 6.33. The maximum absolute atomic E-state index is 10.6. The Morgan fingerprint density at radius 2 is 2.11 bits per heavy atom. The first-order chi connectivity index (χ1) is 8.75. The molecule has 1 atom stereocenters. The van der Waals surface area contributed by atoms with Gasteiger partial charge in [-0.1, -0.05) is 32.4 Å². The first-order valence-corrected chi connectivity index (χ1v) is 6.45. The molecule has 0 spiro atoms. The third-order valence-corrected chi connectivity index (χ3v) is 3.27. The van der Waals surface area contributed by atoms with Gasteiger partial charge in [-0.15, -0.1) is 0 Å². The van der Waals surface area contributed by atoms with Crippen molar-refractivity contribution in [1.29, 1.82) is 0 Å². The molecule has 0 aliphatic rings. The minimum absolute atomic E-state index is 0.0245. The zero-order chi connectivity index (χ0) is 14.6. The van der Waals surface area contributed by atoms with Crippen LogP contribution in [0.1, 0.15) is 27.2 Å². The van der Waals surface area contributed by atoms with E-state index in [2.05, 4.69) is 26.1 Å². The fourth-order valence-electron chi connectivity index (χ4n) is 1.77. The number of anilines is 1. The molecule has 0 amide bonds. The first-order valence-electron chi connectivity index (χ1n) is 6.07. The molecule has 0 saturated carbocycles. The van der Waals surface area contributed by atoms with E-state index in [1.807, 2.05) is 0 Å². The molecule has 5 nitrogen and oxygen atoms in total. The van der Waals surface area contributed by atoms with Gasteiger partial charge in [0.2, 0.25) is 0 Å². The van der Waals surface area contributed by atoms with Crippen LogP contribution in [0.3, 0.4) is 0 Å². The standard InChI is InChI=1S/C13H19ClN2O3/c1-13(2,3)12(6-7-17)15-11-5-4-9(16(18)19)8-10(11)14/h4-5,8,12,15,17H,6-7H2,1-3H3. The molecule has 0 aromatic heterocycles. The number of nitrogens with one attached hydrogen (secondary N) is 1. The second kappa shape index (κ2) is 6.21. The van der Waals surface area contributed by atoms with Crippen LogP contribution >= 0.6 is 11.6 Å². The van der Waals surface area contributed by atoms with Crippen molar-refractivity contribution in [3.63, 3.8) is 0 Å². The van der Waals surface area contributed by atoms with Crippen molar-refractivity contribution >= 4 is 23.0 Å². The van der Waals surface area contributed by atoms with Gasteiger partial charge in [-0.3, -0.25) is 10.1 Å². The normalized spacial score (nSPS) is 13.1. The highest BCUT2D eigenvalue weighted by Crippen LogP contribution is 2.31. The predicted molar refractivity (Wildman–Crippen MR) is 76.7 cm³/mol. The van der Waals surface area contributed by atoms with Crippen molar-refractivity contribution in [2.75, 3.05) is 11.9 Å². The zero-order valence-electron chi connectivity index (χ0n) is 11.3. The molecular weight excluding hydrogens is 268 g/mol. The van der Waals surface area contributed by atoms with Crippen molar-refractivity contribution in [2.24, 2.45) is 5.41 Å². The fourth-order valence-corrected chi connectivity index (χ4v) is 2.00. The van der Waals surface area contributed by atoms with Crippen LogP contribution in [-0.4, -0.2) is 22.7 Å². The Kier molecular flexibility index (Phi) is 5.14. The molecule has 106 valence electrons. The molecule has 0 saturated heterocycles. The number of hydrogen-bond acceptors (Lipinski definition) is 4. The number of hydrogen-bond donors (Lipinski definition) is 2. The van der Waals surface area contributed by atoms with Crippen LogP contribution in [0.2, 0.25) is 5.02 Å². The monoisotopic (exact) mass is 286 g/mol. The Morgan fingerprint density at radius 1 is 1.47 bits per heavy atom. The Balaban J connectivity index is 2.94. The summed E-state index contributed by atoms with van der Waals surface area (Å²) in [6.07, 6.45) is 0.580. The number of aliphatic hydroxyl groups excluding tert-OH is 1. The van der Waals surface area contributed by atoms with Gasteiger partial charge in [0.05, 0.1) is 15.6 Å². The van der Waals surface area contributed by atoms with E-state index in [9.17, 15) is 10.1 Å². The highest BCUT2D eigenvalue weighted by Gasteiger charge is 2.24. The summed E-state index contributed by atoms with van der Waals surface area (Å²) in [4.78, 5) is 10.2. The van der Waals surface area contributed by atoms with Gasteiger partial charge in [-0.05, 0) is 17.9 Å². The van der Waals surface area contributed by atoms with E-state index in [0.717, 1.165) is 0 Å². The fraction of sp³-hybridized carbons (Fsp3) is 0.538. The van der Waals surface area contributed by atoms with Gasteiger partial charge in [0.15, 0.2) is 0 Å². The van der Waals surface area contributed by atoms with Gasteiger partial charge >= 0.3 is 0 Å². The summed E-state index contributed by atoms with van der Waals surface area (Å²) in [6.45, 7) is 6.23. The van der Waals surface area contributed by atoms with Crippen molar-refractivity contribution in [3.05, 3.63) is 33.3 Å². The van der Waals surface area contributed by atoms with Crippen LogP contribution in [0.25, 0.3) is 0 Å². The van der Waals surface area contributed by atoms with Gasteiger partial charge in [0.25, 0.3) is 5.69 Å². The van der Waals surface area contributed by atoms with Gasteiger partial charge in [-0.25, -0.2) is 0 Å². The SMILES string of the molecule is CC(C)(C)C(CCO)Nc1ccc([N+](=O)[O-])cc1Cl. The molecule has 19 heavy (non-hydrogen) atoms. The lowest BCUT2D eigenvalue weighted by molar-refractivity contribution is -0.384. The topological polar surface area (TPSA) is 75.4 Å². The number of benzene rings is 1. The Hall–Kier alpha value is -1.33. The minimum Gasteiger partial charge on any atom is -0.396 e. The number of nitro benzene ring substituents is 1. The third-order valence-electron chi connectivity index (χ3n) is 2.96. The van der Waals surface area contributed by atoms with E-state index in [0.29, 0.717) is 17.1 Å². The third kappa shape index (κ3) is 4.36. The average molecular weight is 287 g/mol. The molecule has 0 heterocycles. The molecule has 1 unspecified atom stereocenters. The Morgan fingerprint density at radius 3 is 2.53 bits per heavy atom. The minimum atomic E-state index is -0.482. The van der Waals surface area contributed by atoms with Gasteiger partial charge in [0, 0.05) is 24.8 Å². The maximum Gasteiger partial charge on any atom is 0.271 e. The second-order valence-corrected chi connectivity index (χ2v) is 5.90. The Bertz CT molecular complexity index is 458. The summed E-state index contributed by atoms with van der Waals surface area (Å²) in [7, 11) is 0. The number of rotatable bonds is 5. The van der Waals surface area contributed by atoms with Crippen molar-refractivity contribution in [1.82, 2.24) is 0 Å². The van der Waals surface area contributed by atoms with Gasteiger partial charge in [-0.2, -0.15) is 0 Å². The van der Waals surface area contributed by atoms with Crippen molar-refractivity contribution < 1.29 is 10.0 Å². The van der Waals surface area contributed by atoms with Crippen LogP contribution < -0.4 is 5.32 Å². The van der Waals surface area contributed by atoms with Crippen LogP contribution in [0.4, 0.5) is 11.4 Å². The predicted octanol–water partition coefficient (Wildman–Crippen LogP) is 3.46. The maximum atomic E-state index is 10.6. The molecular formula is C13H19ClN2O3. The quantitative estimate of drug-likeness (QED) is 0.642. The molecule has 0 fully saturated rings. The second-order valence-electron chi connectivity index (χ2n) is 5.50. The van der Waals surface area contributed by atoms with Crippen molar-refractivity contribution in [3.8, 4) is 0 Å². The largest absolute Gasteiger partial charge is 0.396 e. The lowest BCUT2D eigenvalue weighted by Crippen LogP contribution is -2.34. The first kappa shape index (κ1) is 15.7. The van der Waals surface area contributed by atoms with Gasteiger partial charge in [0.1, 0.15) is 0 Å². The lowest BCUT2D eigenvalue weighted by atomic mass is 9.85. The number of halogens is 1. The molecule has 0 aliphatic carbocycles.